The minimum Gasteiger partial charge on any atom is -0.497 e. The van der Waals surface area contributed by atoms with Gasteiger partial charge in [0.15, 0.2) is 0 Å². The van der Waals surface area contributed by atoms with E-state index in [2.05, 4.69) is 17.1 Å². The maximum atomic E-state index is 5.94. The molecule has 0 bridgehead atoms. The summed E-state index contributed by atoms with van der Waals surface area (Å²) in [4.78, 5) is 6.75. The third-order valence-corrected chi connectivity index (χ3v) is 5.39. The van der Waals surface area contributed by atoms with Crippen LogP contribution in [0.3, 0.4) is 0 Å². The molecule has 2 N–H and O–H groups in total. The smallest absolute Gasteiger partial charge is 0.122 e. The van der Waals surface area contributed by atoms with Gasteiger partial charge in [0.25, 0.3) is 0 Å². The topological polar surface area (TPSA) is 57.4 Å². The number of rotatable bonds is 6. The third kappa shape index (κ3) is 4.21. The van der Waals surface area contributed by atoms with Gasteiger partial charge in [0.1, 0.15) is 18.1 Å². The number of nitrogens with zero attached hydrogens (tertiary/aromatic N) is 1. The van der Waals surface area contributed by atoms with Crippen LogP contribution in [-0.4, -0.2) is 12.1 Å². The first-order valence-electron chi connectivity index (χ1n) is 8.89. The fourth-order valence-electron chi connectivity index (χ4n) is 2.87. The van der Waals surface area contributed by atoms with E-state index < -0.39 is 0 Å². The van der Waals surface area contributed by atoms with Crippen LogP contribution >= 0.6 is 11.8 Å². The summed E-state index contributed by atoms with van der Waals surface area (Å²) in [6.07, 6.45) is 1.82. The second kappa shape index (κ2) is 8.23. The Morgan fingerprint density at radius 3 is 2.54 bits per heavy atom. The third-order valence-electron chi connectivity index (χ3n) is 4.32. The number of nitrogen functional groups attached to an aromatic ring is 1. The number of ether oxygens (including phenoxy) is 2. The largest absolute Gasteiger partial charge is 0.497 e. The first kappa shape index (κ1) is 18.2. The first-order chi connectivity index (χ1) is 13.7. The molecule has 4 aromatic rings. The molecule has 0 saturated heterocycles. The van der Waals surface area contributed by atoms with Gasteiger partial charge in [0.05, 0.1) is 12.6 Å². The minimum atomic E-state index is 0.493. The van der Waals surface area contributed by atoms with Crippen molar-refractivity contribution in [3.05, 3.63) is 84.6 Å². The Morgan fingerprint density at radius 1 is 0.929 bits per heavy atom. The fraction of sp³-hybridized carbons (Fsp3) is 0.0870. The quantitative estimate of drug-likeness (QED) is 0.439. The highest BCUT2D eigenvalue weighted by atomic mass is 32.2. The van der Waals surface area contributed by atoms with Crippen LogP contribution in [-0.2, 0) is 6.61 Å². The number of nitrogens with two attached hydrogens (primary N) is 1. The number of methoxy groups -OCH3 is 1. The van der Waals surface area contributed by atoms with E-state index in [9.17, 15) is 0 Å². The number of hydrogen-bond acceptors (Lipinski definition) is 5. The van der Waals surface area contributed by atoms with Crippen molar-refractivity contribution in [3.63, 3.8) is 0 Å². The summed E-state index contributed by atoms with van der Waals surface area (Å²) in [6, 6.07) is 23.8. The van der Waals surface area contributed by atoms with Crippen LogP contribution in [0.1, 0.15) is 5.56 Å². The average Bonchev–Trinajstić information content (AvgIpc) is 2.73. The highest BCUT2D eigenvalue weighted by Crippen LogP contribution is 2.34. The first-order valence-corrected chi connectivity index (χ1v) is 9.71. The van der Waals surface area contributed by atoms with E-state index in [0.717, 1.165) is 43.4 Å². The lowest BCUT2D eigenvalue weighted by molar-refractivity contribution is 0.306. The Balaban J connectivity index is 1.52. The number of pyridine rings is 1. The van der Waals surface area contributed by atoms with Crippen molar-refractivity contribution < 1.29 is 9.47 Å². The van der Waals surface area contributed by atoms with Gasteiger partial charge in [-0.2, -0.15) is 0 Å². The predicted molar refractivity (Wildman–Crippen MR) is 114 cm³/mol. The van der Waals surface area contributed by atoms with Crippen LogP contribution in [0.2, 0.25) is 0 Å². The van der Waals surface area contributed by atoms with Gasteiger partial charge in [-0.1, -0.05) is 30.0 Å². The van der Waals surface area contributed by atoms with Gasteiger partial charge >= 0.3 is 0 Å². The normalized spacial score (nSPS) is 10.8. The summed E-state index contributed by atoms with van der Waals surface area (Å²) in [6.45, 7) is 0.493. The zero-order chi connectivity index (χ0) is 19.3. The molecule has 0 atom stereocenters. The van der Waals surface area contributed by atoms with Crippen molar-refractivity contribution in [3.8, 4) is 11.5 Å². The fourth-order valence-corrected chi connectivity index (χ4v) is 3.88. The van der Waals surface area contributed by atoms with Crippen LogP contribution in [0.4, 0.5) is 5.69 Å². The standard InChI is InChI=1S/C23H20N2O2S/c1-26-18-7-5-16(6-8-18)15-27-19-9-10-21-22(14-19)25-12-11-23(21)28-20-4-2-3-17(24)13-20/h2-14H,15,24H2,1H3. The van der Waals surface area contributed by atoms with Crippen LogP contribution < -0.4 is 15.2 Å². The van der Waals surface area contributed by atoms with E-state index in [1.165, 1.54) is 0 Å². The molecule has 5 heteroatoms. The molecule has 0 amide bonds. The Labute approximate surface area is 168 Å². The maximum absolute atomic E-state index is 5.94. The van der Waals surface area contributed by atoms with E-state index in [1.54, 1.807) is 18.9 Å². The minimum absolute atomic E-state index is 0.493. The van der Waals surface area contributed by atoms with E-state index in [0.29, 0.717) is 6.61 Å². The second-order valence-electron chi connectivity index (χ2n) is 6.30. The molecule has 0 aliphatic heterocycles. The number of aromatic nitrogens is 1. The molecule has 0 aliphatic rings. The molecule has 0 spiro atoms. The second-order valence-corrected chi connectivity index (χ2v) is 7.41. The van der Waals surface area contributed by atoms with Crippen LogP contribution in [0.15, 0.2) is 88.8 Å². The summed E-state index contributed by atoms with van der Waals surface area (Å²) < 4.78 is 11.1. The highest BCUT2D eigenvalue weighted by Gasteiger charge is 2.06. The van der Waals surface area contributed by atoms with Gasteiger partial charge in [-0.25, -0.2) is 0 Å². The van der Waals surface area contributed by atoms with Gasteiger partial charge < -0.3 is 15.2 Å². The number of fused-ring (bicyclic) bond motifs is 1. The van der Waals surface area contributed by atoms with Gasteiger partial charge in [0.2, 0.25) is 0 Å². The molecule has 28 heavy (non-hydrogen) atoms. The summed E-state index contributed by atoms with van der Waals surface area (Å²) in [5.74, 6) is 1.63. The van der Waals surface area contributed by atoms with Crippen LogP contribution in [0.5, 0.6) is 11.5 Å². The summed E-state index contributed by atoms with van der Waals surface area (Å²) >= 11 is 1.68. The van der Waals surface area contributed by atoms with Crippen LogP contribution in [0.25, 0.3) is 10.9 Å². The van der Waals surface area contributed by atoms with Gasteiger partial charge in [-0.05, 0) is 54.1 Å². The molecule has 0 unspecified atom stereocenters. The molecule has 0 saturated carbocycles. The van der Waals surface area contributed by atoms with Crippen molar-refractivity contribution in [2.75, 3.05) is 12.8 Å². The van der Waals surface area contributed by atoms with E-state index in [4.69, 9.17) is 15.2 Å². The Kier molecular flexibility index (Phi) is 5.35. The monoisotopic (exact) mass is 388 g/mol. The highest BCUT2D eigenvalue weighted by molar-refractivity contribution is 7.99. The maximum Gasteiger partial charge on any atom is 0.122 e. The molecule has 140 valence electrons. The van der Waals surface area contributed by atoms with Gasteiger partial charge in [-0.3, -0.25) is 4.98 Å². The van der Waals surface area contributed by atoms with Crippen molar-refractivity contribution in [2.24, 2.45) is 0 Å². The average molecular weight is 388 g/mol. The molecule has 0 fully saturated rings. The summed E-state index contributed by atoms with van der Waals surface area (Å²) in [5, 5.41) is 1.09. The zero-order valence-corrected chi connectivity index (χ0v) is 16.3. The molecule has 4 nitrogen and oxygen atoms in total. The van der Waals surface area contributed by atoms with Crippen molar-refractivity contribution in [1.29, 1.82) is 0 Å². The molecular weight excluding hydrogens is 368 g/mol. The van der Waals surface area contributed by atoms with E-state index >= 15 is 0 Å². The molecule has 4 rings (SSSR count). The number of anilines is 1. The van der Waals surface area contributed by atoms with Gasteiger partial charge in [-0.15, -0.1) is 0 Å². The summed E-state index contributed by atoms with van der Waals surface area (Å²) in [5.41, 5.74) is 8.64. The molecule has 0 radical (unpaired) electrons. The molecule has 0 aliphatic carbocycles. The zero-order valence-electron chi connectivity index (χ0n) is 15.5. The molecule has 3 aromatic carbocycles. The van der Waals surface area contributed by atoms with Crippen LogP contribution in [0, 0.1) is 0 Å². The predicted octanol–water partition coefficient (Wildman–Crippen LogP) is 5.56. The van der Waals surface area contributed by atoms with Crippen molar-refractivity contribution in [1.82, 2.24) is 4.98 Å². The molecule has 1 aromatic heterocycles. The Hall–Kier alpha value is -3.18. The Bertz CT molecular complexity index is 1100. The van der Waals surface area contributed by atoms with E-state index in [-0.39, 0.29) is 0 Å². The van der Waals surface area contributed by atoms with Gasteiger partial charge in [0, 0.05) is 33.1 Å². The van der Waals surface area contributed by atoms with Crippen molar-refractivity contribution in [2.45, 2.75) is 16.4 Å². The summed E-state index contributed by atoms with van der Waals surface area (Å²) in [7, 11) is 1.66. The van der Waals surface area contributed by atoms with Crippen molar-refractivity contribution >= 4 is 28.4 Å². The Morgan fingerprint density at radius 2 is 1.75 bits per heavy atom. The number of benzene rings is 3. The molecular formula is C23H20N2O2S. The lowest BCUT2D eigenvalue weighted by Crippen LogP contribution is -1.96. The van der Waals surface area contributed by atoms with E-state index in [1.807, 2.05) is 66.9 Å². The number of hydrogen-bond donors (Lipinski definition) is 1. The lowest BCUT2D eigenvalue weighted by Gasteiger charge is -2.10. The lowest BCUT2D eigenvalue weighted by atomic mass is 10.2. The SMILES string of the molecule is COc1ccc(COc2ccc3c(Sc4cccc(N)c4)ccnc3c2)cc1. The molecule has 1 heterocycles.